The maximum absolute atomic E-state index is 14.0. The van der Waals surface area contributed by atoms with Crippen LogP contribution in [0.25, 0.3) is 0 Å². The molecule has 5 fully saturated rings. The number of fused-ring (bicyclic) bond motifs is 6. The molecule has 13 heteroatoms. The Morgan fingerprint density at radius 1 is 1.02 bits per heavy atom. The normalized spacial score (nSPS) is 34.8. The molecule has 5 aliphatic heterocycles. The van der Waals surface area contributed by atoms with Crippen LogP contribution >= 0.6 is 11.6 Å². The van der Waals surface area contributed by atoms with Crippen molar-refractivity contribution in [2.24, 2.45) is 5.92 Å². The molecule has 3 N–H and O–H groups in total. The summed E-state index contributed by atoms with van der Waals surface area (Å²) >= 11 is 6.24. The minimum atomic E-state index is -1.27. The standard InChI is InChI=1S/C30H41ClN4O8/c31-20-3-1-2-18(10-20)13-34-14-21-11-23(34)30(40)33-6-9-42-22(15-33)16-35(29(39)19-4-7-41-8-5-19)17-25-28(38)27(37)24(43-25)12-26(36)32-21/h1-3,10,19,21-25,27-28,37-38H,4-9,11-17H2,(H,32,36)/t21-,22-,23-,24-,25+,27-,28+/m0/s1. The van der Waals surface area contributed by atoms with Crippen LogP contribution in [0.15, 0.2) is 24.3 Å². The number of benzene rings is 1. The number of carbonyl (C=O) groups excluding carboxylic acids is 3. The van der Waals surface area contributed by atoms with Gasteiger partial charge in [0.25, 0.3) is 0 Å². The number of hydrogen-bond donors (Lipinski definition) is 3. The summed E-state index contributed by atoms with van der Waals surface area (Å²) in [7, 11) is 0. The van der Waals surface area contributed by atoms with Crippen molar-refractivity contribution in [1.29, 1.82) is 0 Å². The first kappa shape index (κ1) is 30.7. The SMILES string of the molecule is O=C1C[C@@H]2O[C@H](CN(C(=O)C3CCOCC3)C[C@@H]3CN(CCO3)C(=O)[C@@H]3C[C@@H](CN3Cc3cccc(Cl)c3)N1)[C@@H](O)[C@H]2O. The van der Waals surface area contributed by atoms with Crippen LogP contribution in [0.5, 0.6) is 0 Å². The molecule has 5 saturated heterocycles. The third-order valence-corrected chi connectivity index (χ3v) is 9.57. The summed E-state index contributed by atoms with van der Waals surface area (Å²) in [6.45, 7) is 3.29. The Bertz CT molecular complexity index is 1180. The Morgan fingerprint density at radius 2 is 1.81 bits per heavy atom. The van der Waals surface area contributed by atoms with Gasteiger partial charge in [0.05, 0.1) is 31.3 Å². The number of aliphatic hydroxyl groups excluding tert-OH is 2. The molecule has 236 valence electrons. The minimum absolute atomic E-state index is 0.0317. The zero-order valence-electron chi connectivity index (χ0n) is 24.2. The lowest BCUT2D eigenvalue weighted by Gasteiger charge is -2.39. The lowest BCUT2D eigenvalue weighted by molar-refractivity contribution is -0.150. The van der Waals surface area contributed by atoms with Crippen LogP contribution in [0, 0.1) is 5.92 Å². The summed E-state index contributed by atoms with van der Waals surface area (Å²) in [6.07, 6.45) is -3.27. The van der Waals surface area contributed by atoms with E-state index in [1.54, 1.807) is 15.9 Å². The van der Waals surface area contributed by atoms with Gasteiger partial charge in [-0.2, -0.15) is 0 Å². The zero-order chi connectivity index (χ0) is 30.1. The predicted octanol–water partition coefficient (Wildman–Crippen LogP) is -0.225. The Kier molecular flexibility index (Phi) is 9.53. The maximum atomic E-state index is 14.0. The van der Waals surface area contributed by atoms with Crippen molar-refractivity contribution in [3.8, 4) is 0 Å². The molecule has 3 amide bonds. The summed E-state index contributed by atoms with van der Waals surface area (Å²) in [4.78, 5) is 46.4. The van der Waals surface area contributed by atoms with E-state index in [1.165, 1.54) is 0 Å². The molecule has 7 atom stereocenters. The van der Waals surface area contributed by atoms with Gasteiger partial charge in [-0.25, -0.2) is 0 Å². The number of halogens is 1. The maximum Gasteiger partial charge on any atom is 0.240 e. The number of rotatable bonds is 3. The summed E-state index contributed by atoms with van der Waals surface area (Å²) in [5, 5.41) is 25.3. The van der Waals surface area contributed by atoms with Crippen molar-refractivity contribution in [2.45, 2.75) is 74.8 Å². The molecule has 0 radical (unpaired) electrons. The summed E-state index contributed by atoms with van der Waals surface area (Å²) in [6, 6.07) is 6.77. The molecule has 0 aliphatic carbocycles. The molecule has 0 aromatic heterocycles. The quantitative estimate of drug-likeness (QED) is 0.418. The fourth-order valence-electron chi connectivity index (χ4n) is 7.09. The van der Waals surface area contributed by atoms with Crippen molar-refractivity contribution in [2.75, 3.05) is 52.5 Å². The third-order valence-electron chi connectivity index (χ3n) is 9.33. The van der Waals surface area contributed by atoms with Crippen LogP contribution in [0.4, 0.5) is 0 Å². The van der Waals surface area contributed by atoms with Gasteiger partial charge in [-0.15, -0.1) is 0 Å². The molecule has 5 heterocycles. The van der Waals surface area contributed by atoms with Gasteiger partial charge in [-0.05, 0) is 37.0 Å². The van der Waals surface area contributed by atoms with E-state index in [0.29, 0.717) is 70.3 Å². The molecule has 43 heavy (non-hydrogen) atoms. The van der Waals surface area contributed by atoms with Gasteiger partial charge in [-0.1, -0.05) is 23.7 Å². The summed E-state index contributed by atoms with van der Waals surface area (Å²) < 4.78 is 17.6. The van der Waals surface area contributed by atoms with Gasteiger partial charge in [0.2, 0.25) is 17.7 Å². The number of carbonyl (C=O) groups is 3. The fourth-order valence-corrected chi connectivity index (χ4v) is 7.30. The molecule has 0 spiro atoms. The molecule has 5 aliphatic rings. The van der Waals surface area contributed by atoms with Crippen LogP contribution in [0.1, 0.15) is 31.2 Å². The monoisotopic (exact) mass is 620 g/mol. The molecule has 0 unspecified atom stereocenters. The highest BCUT2D eigenvalue weighted by molar-refractivity contribution is 6.30. The van der Waals surface area contributed by atoms with Gasteiger partial charge in [0.15, 0.2) is 0 Å². The van der Waals surface area contributed by atoms with E-state index in [2.05, 4.69) is 10.2 Å². The van der Waals surface area contributed by atoms with Crippen molar-refractivity contribution in [1.82, 2.24) is 20.0 Å². The van der Waals surface area contributed by atoms with E-state index in [0.717, 1.165) is 5.56 Å². The van der Waals surface area contributed by atoms with Crippen LogP contribution in [-0.4, -0.2) is 138 Å². The average molecular weight is 621 g/mol. The van der Waals surface area contributed by atoms with Crippen LogP contribution in [0.2, 0.25) is 5.02 Å². The van der Waals surface area contributed by atoms with Gasteiger partial charge >= 0.3 is 0 Å². The zero-order valence-corrected chi connectivity index (χ0v) is 24.9. The Balaban J connectivity index is 1.26. The highest BCUT2D eigenvalue weighted by atomic mass is 35.5. The number of likely N-dealkylation sites (tertiary alicyclic amines) is 1. The molecule has 1 aromatic carbocycles. The first-order valence-corrected chi connectivity index (χ1v) is 15.7. The first-order chi connectivity index (χ1) is 20.7. The smallest absolute Gasteiger partial charge is 0.240 e. The van der Waals surface area contributed by atoms with Crippen molar-refractivity contribution in [3.05, 3.63) is 34.9 Å². The number of ether oxygens (including phenoxy) is 3. The Hall–Kier alpha value is -2.32. The molecule has 6 bridgehead atoms. The third kappa shape index (κ3) is 7.00. The Labute approximate surface area is 256 Å². The molecule has 6 rings (SSSR count). The number of hydrogen-bond acceptors (Lipinski definition) is 9. The van der Waals surface area contributed by atoms with E-state index in [1.807, 2.05) is 18.2 Å². The molecule has 1 aromatic rings. The number of nitrogens with one attached hydrogen (secondary N) is 1. The molecular formula is C30H41ClN4O8. The van der Waals surface area contributed by atoms with Crippen LogP contribution in [0.3, 0.4) is 0 Å². The number of nitrogens with zero attached hydrogens (tertiary/aromatic N) is 3. The number of morpholine rings is 1. The van der Waals surface area contributed by atoms with Gasteiger partial charge < -0.3 is 39.5 Å². The van der Waals surface area contributed by atoms with Gasteiger partial charge in [0, 0.05) is 69.5 Å². The van der Waals surface area contributed by atoms with Crippen LogP contribution < -0.4 is 5.32 Å². The summed E-state index contributed by atoms with van der Waals surface area (Å²) in [5.41, 5.74) is 0.966. The van der Waals surface area contributed by atoms with E-state index >= 15 is 0 Å². The molecule has 12 nitrogen and oxygen atoms in total. The lowest BCUT2D eigenvalue weighted by Crippen LogP contribution is -2.56. The van der Waals surface area contributed by atoms with Gasteiger partial charge in [-0.3, -0.25) is 19.3 Å². The summed E-state index contributed by atoms with van der Waals surface area (Å²) in [5.74, 6) is -0.683. The van der Waals surface area contributed by atoms with Crippen molar-refractivity contribution < 1.29 is 38.8 Å². The van der Waals surface area contributed by atoms with E-state index in [4.69, 9.17) is 25.8 Å². The van der Waals surface area contributed by atoms with Crippen LogP contribution in [-0.2, 0) is 35.1 Å². The van der Waals surface area contributed by atoms with E-state index in [9.17, 15) is 24.6 Å². The molecule has 0 saturated carbocycles. The topological polar surface area (TPSA) is 141 Å². The highest BCUT2D eigenvalue weighted by Gasteiger charge is 2.47. The predicted molar refractivity (Wildman–Crippen MR) is 154 cm³/mol. The Morgan fingerprint density at radius 3 is 2.60 bits per heavy atom. The minimum Gasteiger partial charge on any atom is -0.388 e. The average Bonchev–Trinajstić information content (AvgIpc) is 3.51. The highest BCUT2D eigenvalue weighted by Crippen LogP contribution is 2.29. The van der Waals surface area contributed by atoms with Gasteiger partial charge in [0.1, 0.15) is 18.3 Å². The van der Waals surface area contributed by atoms with Crippen molar-refractivity contribution in [3.63, 3.8) is 0 Å². The largest absolute Gasteiger partial charge is 0.388 e. The number of aliphatic hydroxyl groups is 2. The van der Waals surface area contributed by atoms with E-state index < -0.39 is 36.6 Å². The van der Waals surface area contributed by atoms with Crippen molar-refractivity contribution >= 4 is 29.3 Å². The second kappa shape index (κ2) is 13.4. The second-order valence-electron chi connectivity index (χ2n) is 12.4. The molecular weight excluding hydrogens is 580 g/mol. The van der Waals surface area contributed by atoms with E-state index in [-0.39, 0.29) is 49.2 Å². The lowest BCUT2D eigenvalue weighted by atomic mass is 9.97. The second-order valence-corrected chi connectivity index (χ2v) is 12.8. The fraction of sp³-hybridized carbons (Fsp3) is 0.700. The number of amides is 3. The first-order valence-electron chi connectivity index (χ1n) is 15.3.